The van der Waals surface area contributed by atoms with Gasteiger partial charge in [0.2, 0.25) is 0 Å². The first-order valence-corrected chi connectivity index (χ1v) is 12.8. The van der Waals surface area contributed by atoms with Crippen LogP contribution in [0.1, 0.15) is 39.1 Å². The van der Waals surface area contributed by atoms with Gasteiger partial charge in [0.15, 0.2) is 4.34 Å². The van der Waals surface area contributed by atoms with Crippen molar-refractivity contribution in [1.29, 1.82) is 0 Å². The molecule has 0 aliphatic rings. The number of carboxylic acids is 1. The van der Waals surface area contributed by atoms with Crippen molar-refractivity contribution in [2.75, 3.05) is 20.7 Å². The fourth-order valence-corrected chi connectivity index (χ4v) is 6.39. The van der Waals surface area contributed by atoms with Crippen LogP contribution in [0.3, 0.4) is 0 Å². The summed E-state index contributed by atoms with van der Waals surface area (Å²) < 4.78 is 8.62. The molecule has 0 unspecified atom stereocenters. The number of carbonyl (C=O) groups is 2. The van der Waals surface area contributed by atoms with E-state index in [9.17, 15) is 14.7 Å². The monoisotopic (exact) mass is 555 g/mol. The van der Waals surface area contributed by atoms with Gasteiger partial charge in [-0.05, 0) is 49.9 Å². The number of ether oxygens (including phenoxy) is 1. The topological polar surface area (TPSA) is 105 Å². The second-order valence-electron chi connectivity index (χ2n) is 7.77. The zero-order valence-electron chi connectivity index (χ0n) is 19.1. The average molecular weight is 557 g/mol. The maximum atomic E-state index is 13.1. The van der Waals surface area contributed by atoms with E-state index in [1.165, 1.54) is 23.1 Å². The molecule has 0 saturated heterocycles. The number of rotatable bonds is 9. The number of fused-ring (bicyclic) bond motifs is 1. The van der Waals surface area contributed by atoms with E-state index in [4.69, 9.17) is 9.84 Å². The zero-order valence-corrected chi connectivity index (χ0v) is 22.3. The fraction of sp³-hybridized carbons (Fsp3) is 0.409. The number of benzene rings is 1. The number of carboxylic acid groups (broad SMARTS) is 1. The molecule has 2 aromatic heterocycles. The number of esters is 1. The van der Waals surface area contributed by atoms with Crippen LogP contribution in [0, 0.1) is 6.92 Å². The summed E-state index contributed by atoms with van der Waals surface area (Å²) in [5, 5.41) is 20.6. The van der Waals surface area contributed by atoms with Gasteiger partial charge in [0.05, 0.1) is 34.3 Å². The Morgan fingerprint density at radius 1 is 1.36 bits per heavy atom. The Balaban J connectivity index is 2.12. The standard InChI is InChI=1S/C22H26BrN3O5S2/c1-6-31-21(30)19-15(10-32-22-24-11(2)16(33-22)8-17(27)28)26(5)14-7-13(23)20(29)12(18(14)19)9-25(3)4/h7,29H,6,8-10H2,1-5H3,(H,27,28). The summed E-state index contributed by atoms with van der Waals surface area (Å²) >= 11 is 6.24. The molecule has 2 N–H and O–H groups in total. The molecule has 2 heterocycles. The minimum Gasteiger partial charge on any atom is -0.506 e. The molecule has 0 fully saturated rings. The molecule has 178 valence electrons. The molecule has 11 heteroatoms. The lowest BCUT2D eigenvalue weighted by atomic mass is 10.0. The van der Waals surface area contributed by atoms with Crippen molar-refractivity contribution < 1.29 is 24.5 Å². The van der Waals surface area contributed by atoms with Gasteiger partial charge in [-0.2, -0.15) is 0 Å². The number of aromatic nitrogens is 2. The first-order chi connectivity index (χ1) is 15.5. The highest BCUT2D eigenvalue weighted by Crippen LogP contribution is 2.41. The number of thioether (sulfide) groups is 1. The summed E-state index contributed by atoms with van der Waals surface area (Å²) in [4.78, 5) is 31.3. The largest absolute Gasteiger partial charge is 0.506 e. The minimum absolute atomic E-state index is 0.0621. The molecular formula is C22H26BrN3O5S2. The second-order valence-corrected chi connectivity index (χ2v) is 10.9. The number of phenols is 1. The number of carbonyl (C=O) groups excluding carboxylic acids is 1. The van der Waals surface area contributed by atoms with Crippen LogP contribution >= 0.6 is 39.0 Å². The number of halogens is 1. The molecule has 8 nitrogen and oxygen atoms in total. The number of thiazole rings is 1. The van der Waals surface area contributed by atoms with Gasteiger partial charge in [-0.25, -0.2) is 9.78 Å². The Morgan fingerprint density at radius 2 is 2.06 bits per heavy atom. The highest BCUT2D eigenvalue weighted by Gasteiger charge is 2.27. The third-order valence-electron chi connectivity index (χ3n) is 5.11. The molecule has 0 radical (unpaired) electrons. The van der Waals surface area contributed by atoms with Crippen LogP contribution in [-0.4, -0.2) is 57.3 Å². The van der Waals surface area contributed by atoms with Crippen LogP contribution in [0.15, 0.2) is 14.9 Å². The molecule has 0 aliphatic carbocycles. The predicted molar refractivity (Wildman–Crippen MR) is 133 cm³/mol. The fourth-order valence-electron chi connectivity index (χ4n) is 3.64. The Labute approximate surface area is 208 Å². The van der Waals surface area contributed by atoms with Crippen molar-refractivity contribution in [3.8, 4) is 5.75 Å². The van der Waals surface area contributed by atoms with Gasteiger partial charge in [-0.15, -0.1) is 11.3 Å². The zero-order chi connectivity index (χ0) is 24.4. The summed E-state index contributed by atoms with van der Waals surface area (Å²) in [6, 6.07) is 1.80. The van der Waals surface area contributed by atoms with E-state index in [1.807, 2.05) is 30.6 Å². The Bertz CT molecular complexity index is 1220. The number of aromatic hydroxyl groups is 1. The van der Waals surface area contributed by atoms with Crippen LogP contribution in [0.25, 0.3) is 10.9 Å². The van der Waals surface area contributed by atoms with Gasteiger partial charge in [-0.3, -0.25) is 4.79 Å². The lowest BCUT2D eigenvalue weighted by molar-refractivity contribution is -0.136. The van der Waals surface area contributed by atoms with Gasteiger partial charge in [0, 0.05) is 40.9 Å². The van der Waals surface area contributed by atoms with E-state index >= 15 is 0 Å². The van der Waals surface area contributed by atoms with Crippen molar-refractivity contribution in [3.05, 3.63) is 37.9 Å². The van der Waals surface area contributed by atoms with Gasteiger partial charge in [0.1, 0.15) is 5.75 Å². The summed E-state index contributed by atoms with van der Waals surface area (Å²) in [5.74, 6) is -0.809. The summed E-state index contributed by atoms with van der Waals surface area (Å²) in [6.07, 6.45) is -0.0621. The summed E-state index contributed by atoms with van der Waals surface area (Å²) in [6.45, 7) is 4.23. The molecule has 0 bridgehead atoms. The van der Waals surface area contributed by atoms with Crippen LogP contribution in [0.4, 0.5) is 0 Å². The predicted octanol–water partition coefficient (Wildman–Crippen LogP) is 4.57. The smallest absolute Gasteiger partial charge is 0.340 e. The number of nitrogens with zero attached hydrogens (tertiary/aromatic N) is 3. The van der Waals surface area contributed by atoms with Crippen molar-refractivity contribution >= 4 is 61.9 Å². The first-order valence-electron chi connectivity index (χ1n) is 10.2. The molecular weight excluding hydrogens is 530 g/mol. The molecule has 33 heavy (non-hydrogen) atoms. The lowest BCUT2D eigenvalue weighted by Crippen LogP contribution is -2.13. The van der Waals surface area contributed by atoms with Gasteiger partial charge in [0.25, 0.3) is 0 Å². The summed E-state index contributed by atoms with van der Waals surface area (Å²) in [7, 11) is 5.68. The Hall–Kier alpha value is -2.08. The molecule has 3 rings (SSSR count). The number of aliphatic carboxylic acids is 1. The molecule has 0 amide bonds. The van der Waals surface area contributed by atoms with E-state index in [0.717, 1.165) is 20.4 Å². The molecule has 0 aliphatic heterocycles. The minimum atomic E-state index is -0.893. The highest BCUT2D eigenvalue weighted by atomic mass is 79.9. The number of aryl methyl sites for hydroxylation is 2. The molecule has 0 atom stereocenters. The summed E-state index contributed by atoms with van der Waals surface area (Å²) in [5.41, 5.74) is 3.33. The van der Waals surface area contributed by atoms with Crippen molar-refractivity contribution in [1.82, 2.24) is 14.5 Å². The third-order valence-corrected chi connectivity index (χ3v) is 8.03. The van der Waals surface area contributed by atoms with Crippen molar-refractivity contribution in [3.63, 3.8) is 0 Å². The lowest BCUT2D eigenvalue weighted by Gasteiger charge is -2.15. The first kappa shape index (κ1) is 25.5. The molecule has 0 spiro atoms. The number of hydrogen-bond acceptors (Lipinski definition) is 8. The normalized spacial score (nSPS) is 11.5. The van der Waals surface area contributed by atoms with E-state index in [2.05, 4.69) is 20.9 Å². The van der Waals surface area contributed by atoms with Crippen molar-refractivity contribution in [2.45, 2.75) is 36.9 Å². The van der Waals surface area contributed by atoms with Gasteiger partial charge >= 0.3 is 11.9 Å². The van der Waals surface area contributed by atoms with Crippen LogP contribution < -0.4 is 0 Å². The van der Waals surface area contributed by atoms with Gasteiger partial charge in [-0.1, -0.05) is 11.8 Å². The maximum absolute atomic E-state index is 13.1. The number of hydrogen-bond donors (Lipinski definition) is 2. The second kappa shape index (κ2) is 10.5. The Morgan fingerprint density at radius 3 is 2.67 bits per heavy atom. The van der Waals surface area contributed by atoms with Crippen molar-refractivity contribution in [2.24, 2.45) is 7.05 Å². The van der Waals surface area contributed by atoms with Crippen LogP contribution in [0.2, 0.25) is 0 Å². The SMILES string of the molecule is CCOC(=O)c1c(CSc2nc(C)c(CC(=O)O)s2)n(C)c2cc(Br)c(O)c(CN(C)C)c12. The average Bonchev–Trinajstić information content (AvgIpc) is 3.20. The Kier molecular flexibility index (Phi) is 8.09. The third kappa shape index (κ3) is 5.37. The molecule has 0 saturated carbocycles. The van der Waals surface area contributed by atoms with Crippen LogP contribution in [-0.2, 0) is 35.3 Å². The highest BCUT2D eigenvalue weighted by molar-refractivity contribution is 9.10. The molecule has 3 aromatic rings. The maximum Gasteiger partial charge on any atom is 0.340 e. The molecule has 1 aromatic carbocycles. The van der Waals surface area contributed by atoms with E-state index in [-0.39, 0.29) is 18.8 Å². The van der Waals surface area contributed by atoms with E-state index in [0.29, 0.717) is 39.0 Å². The van der Waals surface area contributed by atoms with E-state index < -0.39 is 11.9 Å². The van der Waals surface area contributed by atoms with Crippen LogP contribution in [0.5, 0.6) is 5.75 Å². The quantitative estimate of drug-likeness (QED) is 0.292. The number of phenolic OH excluding ortho intramolecular Hbond substituents is 1. The van der Waals surface area contributed by atoms with Gasteiger partial charge < -0.3 is 24.4 Å². The van der Waals surface area contributed by atoms with E-state index in [1.54, 1.807) is 19.9 Å².